The molecule has 4 nitrogen and oxygen atoms in total. The van der Waals surface area contributed by atoms with Gasteiger partial charge in [0.15, 0.2) is 0 Å². The number of rotatable bonds is 6. The zero-order valence-corrected chi connectivity index (χ0v) is 10.8. The van der Waals surface area contributed by atoms with Gasteiger partial charge in [0.25, 0.3) is 0 Å². The maximum absolute atomic E-state index is 4.36. The third kappa shape index (κ3) is 2.51. The van der Waals surface area contributed by atoms with Crippen LogP contribution in [0.2, 0.25) is 0 Å². The lowest BCUT2D eigenvalue weighted by Gasteiger charge is -2.18. The van der Waals surface area contributed by atoms with Crippen molar-refractivity contribution < 1.29 is 0 Å². The van der Waals surface area contributed by atoms with Crippen LogP contribution in [0.15, 0.2) is 6.33 Å². The van der Waals surface area contributed by atoms with Gasteiger partial charge in [-0.05, 0) is 51.4 Å². The molecule has 1 aromatic rings. The summed E-state index contributed by atoms with van der Waals surface area (Å²) < 4.78 is 2.02. The van der Waals surface area contributed by atoms with Crippen LogP contribution in [0.5, 0.6) is 0 Å². The minimum absolute atomic E-state index is 0.398. The highest BCUT2D eigenvalue weighted by atomic mass is 15.4. The maximum atomic E-state index is 4.36. The lowest BCUT2D eigenvalue weighted by molar-refractivity contribution is 0.396. The van der Waals surface area contributed by atoms with E-state index >= 15 is 0 Å². The van der Waals surface area contributed by atoms with Crippen molar-refractivity contribution in [3.8, 4) is 0 Å². The first-order chi connectivity index (χ1) is 8.25. The van der Waals surface area contributed by atoms with Crippen molar-refractivity contribution in [3.05, 3.63) is 12.2 Å². The number of nitrogens with one attached hydrogen (secondary N) is 1. The standard InChI is InChI=1S/C13H22N4/c1-9(2)17-12(15-8-16-17)7-14-13(10-3-4-10)11-5-6-11/h8-11,13-14H,3-7H2,1-2H3. The van der Waals surface area contributed by atoms with Gasteiger partial charge in [-0.1, -0.05) is 0 Å². The second-order valence-electron chi connectivity index (χ2n) is 5.80. The van der Waals surface area contributed by atoms with Crippen LogP contribution in [0.1, 0.15) is 51.4 Å². The molecule has 94 valence electrons. The van der Waals surface area contributed by atoms with Crippen molar-refractivity contribution in [2.45, 2.75) is 58.2 Å². The Balaban J connectivity index is 1.60. The molecule has 0 aromatic carbocycles. The lowest BCUT2D eigenvalue weighted by atomic mass is 10.1. The smallest absolute Gasteiger partial charge is 0.141 e. The average Bonchev–Trinajstić information content (AvgIpc) is 3.19. The van der Waals surface area contributed by atoms with Gasteiger partial charge in [0.05, 0.1) is 6.54 Å². The first-order valence-electron chi connectivity index (χ1n) is 6.87. The van der Waals surface area contributed by atoms with Gasteiger partial charge >= 0.3 is 0 Å². The SMILES string of the molecule is CC(C)n1ncnc1CNC(C1CC1)C1CC1. The minimum Gasteiger partial charge on any atom is -0.306 e. The molecule has 4 heteroatoms. The average molecular weight is 234 g/mol. The summed E-state index contributed by atoms with van der Waals surface area (Å²) in [4.78, 5) is 4.36. The molecule has 2 fully saturated rings. The fourth-order valence-electron chi connectivity index (χ4n) is 2.67. The van der Waals surface area contributed by atoms with Crippen molar-refractivity contribution >= 4 is 0 Å². The van der Waals surface area contributed by atoms with Gasteiger partial charge in [0.2, 0.25) is 0 Å². The van der Waals surface area contributed by atoms with Crippen LogP contribution in [-0.4, -0.2) is 20.8 Å². The van der Waals surface area contributed by atoms with Gasteiger partial charge in [0.1, 0.15) is 12.2 Å². The van der Waals surface area contributed by atoms with E-state index in [0.29, 0.717) is 6.04 Å². The van der Waals surface area contributed by atoms with E-state index in [1.165, 1.54) is 25.7 Å². The van der Waals surface area contributed by atoms with Crippen molar-refractivity contribution in [1.29, 1.82) is 0 Å². The van der Waals surface area contributed by atoms with E-state index in [1.807, 2.05) is 4.68 Å². The van der Waals surface area contributed by atoms with Crippen LogP contribution in [0.4, 0.5) is 0 Å². The predicted molar refractivity (Wildman–Crippen MR) is 66.5 cm³/mol. The summed E-state index contributed by atoms with van der Waals surface area (Å²) in [5.74, 6) is 2.96. The van der Waals surface area contributed by atoms with Crippen LogP contribution < -0.4 is 5.32 Å². The molecule has 0 spiro atoms. The molecule has 17 heavy (non-hydrogen) atoms. The summed E-state index contributed by atoms with van der Waals surface area (Å²) in [5, 5.41) is 8.00. The molecule has 0 aliphatic heterocycles. The van der Waals surface area contributed by atoms with Crippen molar-refractivity contribution in [2.24, 2.45) is 11.8 Å². The van der Waals surface area contributed by atoms with E-state index in [2.05, 4.69) is 29.2 Å². The zero-order chi connectivity index (χ0) is 11.8. The largest absolute Gasteiger partial charge is 0.306 e. The highest BCUT2D eigenvalue weighted by Gasteiger charge is 2.41. The third-order valence-electron chi connectivity index (χ3n) is 3.89. The fourth-order valence-corrected chi connectivity index (χ4v) is 2.67. The summed E-state index contributed by atoms with van der Waals surface area (Å²) in [5.41, 5.74) is 0. The Kier molecular flexibility index (Phi) is 2.90. The molecule has 0 bridgehead atoms. The molecule has 1 heterocycles. The molecule has 0 atom stereocenters. The highest BCUT2D eigenvalue weighted by molar-refractivity contribution is 4.98. The molecule has 0 amide bonds. The van der Waals surface area contributed by atoms with E-state index in [4.69, 9.17) is 0 Å². The Morgan fingerprint density at radius 1 is 1.29 bits per heavy atom. The Morgan fingerprint density at radius 2 is 1.94 bits per heavy atom. The second kappa shape index (κ2) is 4.41. The quantitative estimate of drug-likeness (QED) is 0.820. The fraction of sp³-hybridized carbons (Fsp3) is 0.846. The predicted octanol–water partition coefficient (Wildman–Crippen LogP) is 2.14. The molecular formula is C13H22N4. The Hall–Kier alpha value is -0.900. The monoisotopic (exact) mass is 234 g/mol. The van der Waals surface area contributed by atoms with Gasteiger partial charge in [0, 0.05) is 12.1 Å². The highest BCUT2D eigenvalue weighted by Crippen LogP contribution is 2.44. The second-order valence-corrected chi connectivity index (χ2v) is 5.80. The van der Waals surface area contributed by atoms with Crippen LogP contribution in [0.3, 0.4) is 0 Å². The lowest BCUT2D eigenvalue weighted by Crippen LogP contribution is -2.33. The van der Waals surface area contributed by atoms with E-state index in [0.717, 1.165) is 30.2 Å². The molecular weight excluding hydrogens is 212 g/mol. The summed E-state index contributed by atoms with van der Waals surface area (Å²) in [6, 6.07) is 1.14. The van der Waals surface area contributed by atoms with Gasteiger partial charge in [-0.2, -0.15) is 5.10 Å². The first kappa shape index (κ1) is 11.2. The first-order valence-corrected chi connectivity index (χ1v) is 6.87. The maximum Gasteiger partial charge on any atom is 0.141 e. The van der Waals surface area contributed by atoms with Gasteiger partial charge < -0.3 is 5.32 Å². The van der Waals surface area contributed by atoms with Crippen LogP contribution >= 0.6 is 0 Å². The number of hydrogen-bond donors (Lipinski definition) is 1. The molecule has 2 saturated carbocycles. The molecule has 0 saturated heterocycles. The van der Waals surface area contributed by atoms with Crippen LogP contribution in [-0.2, 0) is 6.54 Å². The van der Waals surface area contributed by atoms with E-state index < -0.39 is 0 Å². The van der Waals surface area contributed by atoms with Crippen molar-refractivity contribution in [2.75, 3.05) is 0 Å². The normalized spacial score (nSPS) is 20.5. The molecule has 1 N–H and O–H groups in total. The van der Waals surface area contributed by atoms with Crippen LogP contribution in [0.25, 0.3) is 0 Å². The summed E-state index contributed by atoms with van der Waals surface area (Å²) in [7, 11) is 0. The Labute approximate surface area is 103 Å². The minimum atomic E-state index is 0.398. The van der Waals surface area contributed by atoms with Crippen molar-refractivity contribution in [3.63, 3.8) is 0 Å². The van der Waals surface area contributed by atoms with Crippen molar-refractivity contribution in [1.82, 2.24) is 20.1 Å². The molecule has 3 rings (SSSR count). The van der Waals surface area contributed by atoms with E-state index in [-0.39, 0.29) is 0 Å². The Morgan fingerprint density at radius 3 is 2.47 bits per heavy atom. The molecule has 0 radical (unpaired) electrons. The Bertz CT molecular complexity index is 365. The number of nitrogens with zero attached hydrogens (tertiary/aromatic N) is 3. The van der Waals surface area contributed by atoms with Gasteiger partial charge in [-0.3, -0.25) is 0 Å². The molecule has 2 aliphatic carbocycles. The molecule has 0 unspecified atom stereocenters. The summed E-state index contributed by atoms with van der Waals surface area (Å²) in [6.45, 7) is 5.17. The third-order valence-corrected chi connectivity index (χ3v) is 3.89. The number of aromatic nitrogens is 3. The topological polar surface area (TPSA) is 42.7 Å². The number of hydrogen-bond acceptors (Lipinski definition) is 3. The summed E-state index contributed by atoms with van der Waals surface area (Å²) in [6.07, 6.45) is 7.35. The summed E-state index contributed by atoms with van der Waals surface area (Å²) >= 11 is 0. The van der Waals surface area contributed by atoms with Crippen LogP contribution in [0, 0.1) is 11.8 Å². The van der Waals surface area contributed by atoms with E-state index in [1.54, 1.807) is 6.33 Å². The van der Waals surface area contributed by atoms with E-state index in [9.17, 15) is 0 Å². The molecule has 1 aromatic heterocycles. The molecule has 2 aliphatic rings. The zero-order valence-electron chi connectivity index (χ0n) is 10.8. The van der Waals surface area contributed by atoms with Gasteiger partial charge in [-0.15, -0.1) is 0 Å². The van der Waals surface area contributed by atoms with Gasteiger partial charge in [-0.25, -0.2) is 9.67 Å².